The zero-order chi connectivity index (χ0) is 20.1. The number of benzene rings is 2. The Hall–Kier alpha value is -2.49. The van der Waals surface area contributed by atoms with Gasteiger partial charge in [-0.25, -0.2) is 4.79 Å². The highest BCUT2D eigenvalue weighted by Crippen LogP contribution is 2.27. The van der Waals surface area contributed by atoms with Gasteiger partial charge in [0.25, 0.3) is 0 Å². The molecule has 0 saturated carbocycles. The molecule has 4 N–H and O–H groups in total. The molecule has 0 aliphatic carbocycles. The van der Waals surface area contributed by atoms with Crippen molar-refractivity contribution in [2.75, 3.05) is 6.61 Å². The number of aliphatic hydroxyl groups is 4. The maximum atomic E-state index is 12.1. The normalized spacial score (nSPS) is 27.2. The highest BCUT2D eigenvalue weighted by atomic mass is 16.7. The number of rotatable bonds is 6. The monoisotopic (exact) mass is 390 g/mol. The van der Waals surface area contributed by atoms with Gasteiger partial charge in [0.15, 0.2) is 0 Å². The lowest BCUT2D eigenvalue weighted by Gasteiger charge is -2.40. The lowest BCUT2D eigenvalue weighted by molar-refractivity contribution is -0.277. The fraction of sp³-hybridized carbons (Fsp3) is 0.350. The molecule has 0 radical (unpaired) electrons. The second-order valence-corrected chi connectivity index (χ2v) is 6.36. The number of aliphatic hydroxyl groups excluding tert-OH is 4. The van der Waals surface area contributed by atoms with Gasteiger partial charge in [-0.15, -0.1) is 0 Å². The summed E-state index contributed by atoms with van der Waals surface area (Å²) in [5.74, 6) is -0.349. The van der Waals surface area contributed by atoms with Crippen molar-refractivity contribution >= 4 is 5.97 Å². The standard InChI is InChI=1S/C20H22O8/c21-10-13-8-4-5-9-14(13)27-20-18(24)17(23)16(22)15(28-20)11-26-19(25)12-6-2-1-3-7-12/h1-9,15-18,20-24H,10-11H2/t15-,16-,17+,18-,20-/m1/s1. The molecule has 8 heteroatoms. The largest absolute Gasteiger partial charge is 0.462 e. The van der Waals surface area contributed by atoms with E-state index in [0.29, 0.717) is 11.1 Å². The minimum absolute atomic E-state index is 0.262. The van der Waals surface area contributed by atoms with Crippen LogP contribution in [0.4, 0.5) is 0 Å². The van der Waals surface area contributed by atoms with Crippen LogP contribution in [-0.4, -0.2) is 63.7 Å². The van der Waals surface area contributed by atoms with Gasteiger partial charge in [-0.1, -0.05) is 36.4 Å². The highest BCUT2D eigenvalue weighted by molar-refractivity contribution is 5.89. The van der Waals surface area contributed by atoms with Crippen molar-refractivity contribution < 1.29 is 39.4 Å². The summed E-state index contributed by atoms with van der Waals surface area (Å²) in [7, 11) is 0. The third-order valence-electron chi connectivity index (χ3n) is 4.44. The second kappa shape index (κ2) is 9.13. The Morgan fingerprint density at radius 1 is 0.929 bits per heavy atom. The first kappa shape index (κ1) is 20.2. The van der Waals surface area contributed by atoms with E-state index in [4.69, 9.17) is 14.2 Å². The first-order valence-corrected chi connectivity index (χ1v) is 8.78. The van der Waals surface area contributed by atoms with Crippen LogP contribution < -0.4 is 4.74 Å². The summed E-state index contributed by atoms with van der Waals surface area (Å²) in [6.45, 7) is -0.636. The number of carbonyl (C=O) groups excluding carboxylic acids is 1. The highest BCUT2D eigenvalue weighted by Gasteiger charge is 2.45. The van der Waals surface area contributed by atoms with Gasteiger partial charge in [0, 0.05) is 5.56 Å². The fourth-order valence-electron chi connectivity index (χ4n) is 2.84. The number of hydrogen-bond donors (Lipinski definition) is 4. The first-order valence-electron chi connectivity index (χ1n) is 8.78. The molecular weight excluding hydrogens is 368 g/mol. The van der Waals surface area contributed by atoms with Crippen LogP contribution in [0.25, 0.3) is 0 Å². The summed E-state index contributed by atoms with van der Waals surface area (Å²) in [6, 6.07) is 14.9. The van der Waals surface area contributed by atoms with Gasteiger partial charge < -0.3 is 34.6 Å². The summed E-state index contributed by atoms with van der Waals surface area (Å²) < 4.78 is 16.3. The average molecular weight is 390 g/mol. The molecule has 5 atom stereocenters. The van der Waals surface area contributed by atoms with E-state index in [1.54, 1.807) is 54.6 Å². The molecule has 8 nitrogen and oxygen atoms in total. The predicted molar refractivity (Wildman–Crippen MR) is 96.4 cm³/mol. The van der Waals surface area contributed by atoms with E-state index in [1.165, 1.54) is 0 Å². The minimum Gasteiger partial charge on any atom is -0.462 e. The van der Waals surface area contributed by atoms with E-state index in [9.17, 15) is 25.2 Å². The molecule has 150 valence electrons. The Morgan fingerprint density at radius 2 is 1.61 bits per heavy atom. The van der Waals surface area contributed by atoms with E-state index in [1.807, 2.05) is 0 Å². The minimum atomic E-state index is -1.57. The van der Waals surface area contributed by atoms with Crippen molar-refractivity contribution in [3.63, 3.8) is 0 Å². The lowest BCUT2D eigenvalue weighted by Crippen LogP contribution is -2.60. The van der Waals surface area contributed by atoms with Crippen LogP contribution in [0, 0.1) is 0 Å². The molecule has 28 heavy (non-hydrogen) atoms. The Kier molecular flexibility index (Phi) is 6.61. The molecular formula is C20H22O8. The molecule has 0 spiro atoms. The molecule has 0 bridgehead atoms. The zero-order valence-electron chi connectivity index (χ0n) is 14.9. The van der Waals surface area contributed by atoms with Crippen LogP contribution >= 0.6 is 0 Å². The molecule has 0 unspecified atom stereocenters. The number of ether oxygens (including phenoxy) is 3. The maximum absolute atomic E-state index is 12.1. The van der Waals surface area contributed by atoms with Crippen molar-refractivity contribution in [1.82, 2.24) is 0 Å². The molecule has 1 saturated heterocycles. The summed E-state index contributed by atoms with van der Waals surface area (Å²) in [5.41, 5.74) is 0.795. The first-order chi connectivity index (χ1) is 13.5. The van der Waals surface area contributed by atoms with Crippen molar-refractivity contribution in [1.29, 1.82) is 0 Å². The number of carbonyl (C=O) groups is 1. The van der Waals surface area contributed by atoms with Gasteiger partial charge in [-0.3, -0.25) is 0 Å². The van der Waals surface area contributed by atoms with Crippen LogP contribution in [0.5, 0.6) is 5.75 Å². The topological polar surface area (TPSA) is 126 Å². The van der Waals surface area contributed by atoms with Crippen LogP contribution in [-0.2, 0) is 16.1 Å². The van der Waals surface area contributed by atoms with Gasteiger partial charge in [0.1, 0.15) is 36.8 Å². The summed E-state index contributed by atoms with van der Waals surface area (Å²) >= 11 is 0. The Labute approximate surface area is 161 Å². The third-order valence-corrected chi connectivity index (χ3v) is 4.44. The fourth-order valence-corrected chi connectivity index (χ4v) is 2.84. The molecule has 2 aromatic carbocycles. The van der Waals surface area contributed by atoms with E-state index in [0.717, 1.165) is 0 Å². The quantitative estimate of drug-likeness (QED) is 0.516. The maximum Gasteiger partial charge on any atom is 0.338 e. The SMILES string of the molecule is O=C(OC[C@H]1O[C@@H](Oc2ccccc2CO)[C@H](O)[C@@H](O)[C@@H]1O)c1ccccc1. The second-order valence-electron chi connectivity index (χ2n) is 6.36. The molecule has 2 aromatic rings. The molecule has 1 aliphatic rings. The molecule has 1 fully saturated rings. The van der Waals surface area contributed by atoms with Gasteiger partial charge >= 0.3 is 5.97 Å². The molecule has 0 amide bonds. The molecule has 3 rings (SSSR count). The van der Waals surface area contributed by atoms with E-state index in [2.05, 4.69) is 0 Å². The average Bonchev–Trinajstić information content (AvgIpc) is 2.74. The van der Waals surface area contributed by atoms with Gasteiger partial charge in [-0.05, 0) is 18.2 Å². The Balaban J connectivity index is 1.67. The molecule has 1 aliphatic heterocycles. The number of esters is 1. The smallest absolute Gasteiger partial charge is 0.338 e. The van der Waals surface area contributed by atoms with Crippen molar-refractivity contribution in [3.05, 3.63) is 65.7 Å². The number of para-hydroxylation sites is 1. The summed E-state index contributed by atoms with van der Waals surface area (Å²) in [5, 5.41) is 39.8. The Morgan fingerprint density at radius 3 is 2.32 bits per heavy atom. The van der Waals surface area contributed by atoms with E-state index >= 15 is 0 Å². The zero-order valence-corrected chi connectivity index (χ0v) is 14.9. The summed E-state index contributed by atoms with van der Waals surface area (Å²) in [6.07, 6.45) is -7.03. The van der Waals surface area contributed by atoms with Crippen molar-refractivity contribution in [2.24, 2.45) is 0 Å². The predicted octanol–water partition coefficient (Wildman–Crippen LogP) is 0.222. The van der Waals surface area contributed by atoms with Crippen molar-refractivity contribution in [2.45, 2.75) is 37.3 Å². The summed E-state index contributed by atoms with van der Waals surface area (Å²) in [4.78, 5) is 12.1. The van der Waals surface area contributed by atoms with E-state index < -0.39 is 36.7 Å². The lowest BCUT2D eigenvalue weighted by atomic mass is 9.99. The van der Waals surface area contributed by atoms with Gasteiger partial charge in [0.2, 0.25) is 6.29 Å². The molecule has 1 heterocycles. The van der Waals surface area contributed by atoms with Gasteiger partial charge in [-0.2, -0.15) is 0 Å². The molecule has 0 aromatic heterocycles. The van der Waals surface area contributed by atoms with E-state index in [-0.39, 0.29) is 19.0 Å². The van der Waals surface area contributed by atoms with Gasteiger partial charge in [0.05, 0.1) is 12.2 Å². The Bertz CT molecular complexity index is 781. The van der Waals surface area contributed by atoms with Crippen LogP contribution in [0.1, 0.15) is 15.9 Å². The van der Waals surface area contributed by atoms with Crippen LogP contribution in [0.15, 0.2) is 54.6 Å². The van der Waals surface area contributed by atoms with Crippen molar-refractivity contribution in [3.8, 4) is 5.75 Å². The van der Waals surface area contributed by atoms with Crippen LogP contribution in [0.3, 0.4) is 0 Å². The third kappa shape index (κ3) is 4.49. The van der Waals surface area contributed by atoms with Crippen LogP contribution in [0.2, 0.25) is 0 Å². The number of hydrogen-bond acceptors (Lipinski definition) is 8.